The fourth-order valence-electron chi connectivity index (χ4n) is 6.88. The van der Waals surface area contributed by atoms with Crippen molar-refractivity contribution in [2.24, 2.45) is 17.8 Å². The number of aromatic nitrogens is 6. The Morgan fingerprint density at radius 1 is 1.19 bits per heavy atom. The predicted molar refractivity (Wildman–Crippen MR) is 161 cm³/mol. The van der Waals surface area contributed by atoms with Gasteiger partial charge in [-0.05, 0) is 65.1 Å². The van der Waals surface area contributed by atoms with Crippen molar-refractivity contribution >= 4 is 18.1 Å². The van der Waals surface area contributed by atoms with Gasteiger partial charge in [0.05, 0.1) is 35.2 Å². The van der Waals surface area contributed by atoms with E-state index in [9.17, 15) is 31.5 Å². The highest BCUT2D eigenvalue weighted by Gasteiger charge is 2.45. The third-order valence-electron chi connectivity index (χ3n) is 9.60. The first kappa shape index (κ1) is 34.6. The van der Waals surface area contributed by atoms with Crippen molar-refractivity contribution in [1.29, 1.82) is 0 Å². The number of fused-ring (bicyclic) bond motifs is 1. The Balaban J connectivity index is 0.000000474. The fourth-order valence-corrected chi connectivity index (χ4v) is 6.88. The Morgan fingerprint density at radius 3 is 2.51 bits per heavy atom. The van der Waals surface area contributed by atoms with Crippen LogP contribution < -0.4 is 10.6 Å². The third-order valence-corrected chi connectivity index (χ3v) is 9.60. The number of likely N-dealkylation sites (tertiary alicyclic amines) is 1. The Labute approximate surface area is 269 Å². The van der Waals surface area contributed by atoms with Crippen LogP contribution in [0.2, 0.25) is 0 Å². The standard InChI is InChI=1S/C25H32F5N7O2.C6H10N2/c1-36-7-4-15(11-36)21-18(9-16-8-17(25(28,29)30)10-31-22(16)39)35-37-12-19(33-23(37)34-21)20(32-13-38)14-2-5-24(26,27)6-3-14;1-3-8-6(2)4-5-7-8/h12-17,20H,2-11H2,1H3,(H,31,39)(H,32,38);4-5H,3H2,1-2H3. The molecule has 3 aliphatic rings. The highest BCUT2D eigenvalue weighted by molar-refractivity contribution is 5.79. The van der Waals surface area contributed by atoms with Crippen molar-refractivity contribution in [2.45, 2.75) is 89.4 Å². The quantitative estimate of drug-likeness (QED) is 0.273. The van der Waals surface area contributed by atoms with E-state index in [4.69, 9.17) is 4.98 Å². The van der Waals surface area contributed by atoms with Crippen molar-refractivity contribution in [2.75, 3.05) is 26.7 Å². The number of imidazole rings is 1. The molecule has 4 atom stereocenters. The number of nitrogens with one attached hydrogen (secondary N) is 2. The van der Waals surface area contributed by atoms with E-state index in [0.717, 1.165) is 19.5 Å². The number of carbonyl (C=O) groups excluding carboxylic acids is 2. The molecule has 3 fully saturated rings. The first-order valence-corrected chi connectivity index (χ1v) is 16.1. The molecule has 1 aliphatic carbocycles. The number of alkyl halides is 5. The SMILES string of the molecule is CCn1nccc1C.CN1CCC(c2nc3nc(C(NC=O)C4CCC(F)(F)CC4)cn3nc2CC2CC(C(F)(F)F)CNC2=O)C1. The summed E-state index contributed by atoms with van der Waals surface area (Å²) in [6.45, 7) is 6.16. The molecule has 0 spiro atoms. The van der Waals surface area contributed by atoms with Crippen molar-refractivity contribution < 1.29 is 31.5 Å². The lowest BCUT2D eigenvalue weighted by Gasteiger charge is -2.32. The fraction of sp³-hybridized carbons (Fsp3) is 0.677. The first-order chi connectivity index (χ1) is 22.3. The minimum Gasteiger partial charge on any atom is -0.355 e. The molecule has 2 saturated heterocycles. The number of aryl methyl sites for hydroxylation is 2. The van der Waals surface area contributed by atoms with E-state index in [2.05, 4.69) is 44.6 Å². The zero-order chi connectivity index (χ0) is 33.9. The van der Waals surface area contributed by atoms with Crippen LogP contribution >= 0.6 is 0 Å². The molecule has 3 aromatic rings. The highest BCUT2D eigenvalue weighted by atomic mass is 19.4. The number of likely N-dealkylation sites (N-methyl/N-ethyl adjacent to an activating group) is 1. The molecule has 16 heteroatoms. The van der Waals surface area contributed by atoms with Crippen molar-refractivity contribution in [3.63, 3.8) is 0 Å². The van der Waals surface area contributed by atoms with Crippen LogP contribution in [-0.2, 0) is 22.6 Å². The first-order valence-electron chi connectivity index (χ1n) is 16.1. The maximum Gasteiger partial charge on any atom is 0.393 e. The van der Waals surface area contributed by atoms with Crippen LogP contribution in [0, 0.1) is 24.7 Å². The summed E-state index contributed by atoms with van der Waals surface area (Å²) in [7, 11) is 1.96. The molecule has 1 saturated carbocycles. The molecule has 4 unspecified atom stereocenters. The molecule has 2 N–H and O–H groups in total. The smallest absolute Gasteiger partial charge is 0.355 e. The average molecular weight is 668 g/mol. The summed E-state index contributed by atoms with van der Waals surface area (Å²) in [5.41, 5.74) is 2.69. The topological polar surface area (TPSA) is 122 Å². The maximum absolute atomic E-state index is 13.7. The van der Waals surface area contributed by atoms with Gasteiger partial charge < -0.3 is 15.5 Å². The molecule has 3 aromatic heterocycles. The average Bonchev–Trinajstić information content (AvgIpc) is 3.75. The van der Waals surface area contributed by atoms with E-state index < -0.39 is 42.4 Å². The van der Waals surface area contributed by atoms with Crippen LogP contribution in [0.5, 0.6) is 0 Å². The number of halogens is 5. The number of nitrogens with zero attached hydrogens (tertiary/aromatic N) is 7. The summed E-state index contributed by atoms with van der Waals surface area (Å²) in [5, 5.41) is 13.8. The van der Waals surface area contributed by atoms with Gasteiger partial charge in [-0.3, -0.25) is 14.3 Å². The lowest BCUT2D eigenvalue weighted by atomic mass is 9.81. The van der Waals surface area contributed by atoms with Gasteiger partial charge in [0, 0.05) is 62.6 Å². The number of hydrogen-bond acceptors (Lipinski definition) is 7. The van der Waals surface area contributed by atoms with E-state index >= 15 is 0 Å². The Morgan fingerprint density at radius 2 is 1.94 bits per heavy atom. The van der Waals surface area contributed by atoms with Gasteiger partial charge in [0.1, 0.15) is 0 Å². The van der Waals surface area contributed by atoms with E-state index in [1.807, 2.05) is 24.0 Å². The van der Waals surface area contributed by atoms with Crippen molar-refractivity contribution in [3.05, 3.63) is 41.2 Å². The molecule has 2 amide bonds. The summed E-state index contributed by atoms with van der Waals surface area (Å²) < 4.78 is 71.1. The predicted octanol–water partition coefficient (Wildman–Crippen LogP) is 4.22. The highest BCUT2D eigenvalue weighted by Crippen LogP contribution is 2.41. The van der Waals surface area contributed by atoms with E-state index in [-0.39, 0.29) is 56.1 Å². The number of carbonyl (C=O) groups is 2. The van der Waals surface area contributed by atoms with E-state index in [1.165, 1.54) is 10.2 Å². The van der Waals surface area contributed by atoms with Crippen LogP contribution in [-0.4, -0.2) is 85.4 Å². The minimum atomic E-state index is -4.42. The van der Waals surface area contributed by atoms with Crippen LogP contribution in [0.1, 0.15) is 80.2 Å². The molecule has 0 radical (unpaired) electrons. The molecule has 2 aliphatic heterocycles. The second-order valence-corrected chi connectivity index (χ2v) is 13.0. The van der Waals surface area contributed by atoms with E-state index in [1.54, 1.807) is 6.20 Å². The van der Waals surface area contributed by atoms with Gasteiger partial charge in [-0.25, -0.2) is 23.3 Å². The second-order valence-electron chi connectivity index (χ2n) is 13.0. The normalized spacial score (nSPS) is 24.4. The van der Waals surface area contributed by atoms with E-state index in [0.29, 0.717) is 30.0 Å². The van der Waals surface area contributed by atoms with Gasteiger partial charge in [0.2, 0.25) is 18.2 Å². The number of hydrogen-bond donors (Lipinski definition) is 2. The Bertz CT molecular complexity index is 1530. The van der Waals surface area contributed by atoms with Crippen LogP contribution in [0.15, 0.2) is 18.5 Å². The Kier molecular flexibility index (Phi) is 10.5. The molecular weight excluding hydrogens is 625 g/mol. The second kappa shape index (κ2) is 14.2. The monoisotopic (exact) mass is 667 g/mol. The molecule has 6 rings (SSSR count). The largest absolute Gasteiger partial charge is 0.393 e. The lowest BCUT2D eigenvalue weighted by Crippen LogP contribution is -2.47. The maximum atomic E-state index is 13.7. The van der Waals surface area contributed by atoms with Gasteiger partial charge in [0.15, 0.2) is 0 Å². The van der Waals surface area contributed by atoms with Crippen LogP contribution in [0.25, 0.3) is 5.78 Å². The van der Waals surface area contributed by atoms with Gasteiger partial charge in [-0.15, -0.1) is 0 Å². The Hall–Kier alpha value is -3.69. The minimum absolute atomic E-state index is 0.00185. The molecule has 258 valence electrons. The summed E-state index contributed by atoms with van der Waals surface area (Å²) in [6, 6.07) is 1.40. The molecule has 0 aromatic carbocycles. The molecule has 0 bridgehead atoms. The van der Waals surface area contributed by atoms with Crippen molar-refractivity contribution in [1.82, 2.24) is 44.9 Å². The molecule has 47 heavy (non-hydrogen) atoms. The molecule has 11 nitrogen and oxygen atoms in total. The third kappa shape index (κ3) is 8.25. The zero-order valence-electron chi connectivity index (χ0n) is 26.8. The van der Waals surface area contributed by atoms with Gasteiger partial charge in [-0.1, -0.05) is 0 Å². The summed E-state index contributed by atoms with van der Waals surface area (Å²) in [4.78, 5) is 35.4. The number of amides is 2. The zero-order valence-corrected chi connectivity index (χ0v) is 26.8. The number of rotatable bonds is 8. The molecule has 5 heterocycles. The summed E-state index contributed by atoms with van der Waals surface area (Å²) in [5.74, 6) is -5.73. The lowest BCUT2D eigenvalue weighted by molar-refractivity contribution is -0.183. The van der Waals surface area contributed by atoms with Crippen LogP contribution in [0.3, 0.4) is 0 Å². The number of piperidine rings is 1. The van der Waals surface area contributed by atoms with Crippen molar-refractivity contribution in [3.8, 4) is 0 Å². The van der Waals surface area contributed by atoms with Gasteiger partial charge in [0.25, 0.3) is 5.78 Å². The van der Waals surface area contributed by atoms with Gasteiger partial charge in [-0.2, -0.15) is 23.4 Å². The van der Waals surface area contributed by atoms with Gasteiger partial charge >= 0.3 is 6.18 Å². The van der Waals surface area contributed by atoms with Crippen LogP contribution in [0.4, 0.5) is 22.0 Å². The summed E-state index contributed by atoms with van der Waals surface area (Å²) in [6.07, 6.45) is -0.171. The molecular formula is C31H42F5N9O2. The summed E-state index contributed by atoms with van der Waals surface area (Å²) >= 11 is 0.